The molecule has 0 radical (unpaired) electrons. The van der Waals surface area contributed by atoms with Crippen molar-refractivity contribution in [3.63, 3.8) is 0 Å². The number of nitrogens with zero attached hydrogens (tertiary/aromatic N) is 1. The minimum absolute atomic E-state index is 0.0677. The average molecular weight is 383 g/mol. The second-order valence-electron chi connectivity index (χ2n) is 5.27. The molecule has 1 amide bonds. The molecule has 134 valence electrons. The molecule has 6 nitrogen and oxygen atoms in total. The lowest BCUT2D eigenvalue weighted by molar-refractivity contribution is 0.0954. The Hall–Kier alpha value is -2.25. The highest BCUT2D eigenvalue weighted by molar-refractivity contribution is 7.92. The number of sulfonamides is 1. The van der Waals surface area contributed by atoms with Gasteiger partial charge >= 0.3 is 0 Å². The zero-order valence-electron chi connectivity index (χ0n) is 13.9. The van der Waals surface area contributed by atoms with Gasteiger partial charge < -0.3 is 10.1 Å². The van der Waals surface area contributed by atoms with Crippen LogP contribution in [-0.4, -0.2) is 40.8 Å². The van der Waals surface area contributed by atoms with E-state index in [1.54, 1.807) is 48.5 Å². The van der Waals surface area contributed by atoms with Gasteiger partial charge in [-0.3, -0.25) is 9.10 Å². The van der Waals surface area contributed by atoms with Gasteiger partial charge in [-0.2, -0.15) is 0 Å². The summed E-state index contributed by atoms with van der Waals surface area (Å²) in [6, 6.07) is 13.4. The summed E-state index contributed by atoms with van der Waals surface area (Å²) in [5.74, 6) is 0.257. The monoisotopic (exact) mass is 382 g/mol. The first-order chi connectivity index (χ1) is 11.8. The van der Waals surface area contributed by atoms with Crippen molar-refractivity contribution in [2.45, 2.75) is 0 Å². The molecule has 0 unspecified atom stereocenters. The fourth-order valence-electron chi connectivity index (χ4n) is 2.26. The topological polar surface area (TPSA) is 75.7 Å². The standard InChI is InChI=1S/C17H19ClN2O4S/c1-24-14-7-5-6-13(12-14)17(21)19-10-11-20(25(2,22)23)16-9-4-3-8-15(16)18/h3-9,12H,10-11H2,1-2H3,(H,19,21). The zero-order chi connectivity index (χ0) is 18.4. The number of benzene rings is 2. The number of carbonyl (C=O) groups excluding carboxylic acids is 1. The lowest BCUT2D eigenvalue weighted by atomic mass is 10.2. The van der Waals surface area contributed by atoms with Gasteiger partial charge in [0, 0.05) is 12.1 Å². The molecule has 0 saturated heterocycles. The minimum atomic E-state index is -3.54. The van der Waals surface area contributed by atoms with Crippen molar-refractivity contribution in [3.8, 4) is 5.75 Å². The number of rotatable bonds is 7. The van der Waals surface area contributed by atoms with E-state index in [1.165, 1.54) is 11.4 Å². The predicted octanol–water partition coefficient (Wildman–Crippen LogP) is 2.54. The van der Waals surface area contributed by atoms with E-state index in [0.29, 0.717) is 22.0 Å². The number of halogens is 1. The van der Waals surface area contributed by atoms with Gasteiger partial charge in [-0.1, -0.05) is 29.8 Å². The van der Waals surface area contributed by atoms with Crippen molar-refractivity contribution in [3.05, 3.63) is 59.1 Å². The summed E-state index contributed by atoms with van der Waals surface area (Å²) >= 11 is 6.09. The molecule has 0 fully saturated rings. The van der Waals surface area contributed by atoms with Crippen LogP contribution in [0.15, 0.2) is 48.5 Å². The van der Waals surface area contributed by atoms with E-state index in [0.717, 1.165) is 6.26 Å². The van der Waals surface area contributed by atoms with Gasteiger partial charge in [0.2, 0.25) is 10.0 Å². The molecule has 0 spiro atoms. The summed E-state index contributed by atoms with van der Waals surface area (Å²) in [5, 5.41) is 3.02. The number of carbonyl (C=O) groups is 1. The first-order valence-electron chi connectivity index (χ1n) is 7.47. The molecule has 2 aromatic rings. The summed E-state index contributed by atoms with van der Waals surface area (Å²) in [6.45, 7) is 0.201. The van der Waals surface area contributed by atoms with Gasteiger partial charge in [-0.15, -0.1) is 0 Å². The average Bonchev–Trinajstić information content (AvgIpc) is 2.58. The fraction of sp³-hybridized carbons (Fsp3) is 0.235. The van der Waals surface area contributed by atoms with Crippen molar-refractivity contribution in [2.24, 2.45) is 0 Å². The highest BCUT2D eigenvalue weighted by Gasteiger charge is 2.19. The molecule has 0 bridgehead atoms. The van der Waals surface area contributed by atoms with Crippen LogP contribution in [0.5, 0.6) is 5.75 Å². The van der Waals surface area contributed by atoms with E-state index in [2.05, 4.69) is 5.32 Å². The van der Waals surface area contributed by atoms with Crippen molar-refractivity contribution in [1.29, 1.82) is 0 Å². The van der Waals surface area contributed by atoms with Gasteiger partial charge in [0.25, 0.3) is 5.91 Å². The molecule has 0 aliphatic rings. The minimum Gasteiger partial charge on any atom is -0.497 e. The van der Waals surface area contributed by atoms with Crippen molar-refractivity contribution in [2.75, 3.05) is 30.8 Å². The second-order valence-corrected chi connectivity index (χ2v) is 7.59. The number of methoxy groups -OCH3 is 1. The van der Waals surface area contributed by atoms with E-state index in [1.807, 2.05) is 0 Å². The molecular weight excluding hydrogens is 364 g/mol. The van der Waals surface area contributed by atoms with Crippen molar-refractivity contribution in [1.82, 2.24) is 5.32 Å². The first-order valence-corrected chi connectivity index (χ1v) is 9.70. The summed E-state index contributed by atoms with van der Waals surface area (Å²) in [6.07, 6.45) is 1.10. The number of ether oxygens (including phenoxy) is 1. The fourth-order valence-corrected chi connectivity index (χ4v) is 3.48. The molecule has 0 saturated carbocycles. The molecule has 0 aromatic heterocycles. The van der Waals surface area contributed by atoms with Crippen LogP contribution in [0.25, 0.3) is 0 Å². The summed E-state index contributed by atoms with van der Waals surface area (Å²) in [7, 11) is -2.02. The molecule has 2 rings (SSSR count). The van der Waals surface area contributed by atoms with Crippen LogP contribution in [0.1, 0.15) is 10.4 Å². The number of nitrogens with one attached hydrogen (secondary N) is 1. The number of hydrogen-bond donors (Lipinski definition) is 1. The Morgan fingerprint density at radius 3 is 2.56 bits per heavy atom. The molecular formula is C17H19ClN2O4S. The Kier molecular flexibility index (Phi) is 6.27. The Morgan fingerprint density at radius 1 is 1.20 bits per heavy atom. The van der Waals surface area contributed by atoms with E-state index >= 15 is 0 Å². The molecule has 8 heteroatoms. The highest BCUT2D eigenvalue weighted by atomic mass is 35.5. The third-order valence-corrected chi connectivity index (χ3v) is 4.95. The number of anilines is 1. The highest BCUT2D eigenvalue weighted by Crippen LogP contribution is 2.26. The SMILES string of the molecule is COc1cccc(C(=O)NCCN(c2ccccc2Cl)S(C)(=O)=O)c1. The predicted molar refractivity (Wildman–Crippen MR) is 99.0 cm³/mol. The number of para-hydroxylation sites is 1. The van der Waals surface area contributed by atoms with Crippen LogP contribution < -0.4 is 14.4 Å². The largest absolute Gasteiger partial charge is 0.497 e. The Morgan fingerprint density at radius 2 is 1.92 bits per heavy atom. The van der Waals surface area contributed by atoms with Crippen molar-refractivity contribution >= 4 is 33.2 Å². The Bertz CT molecular complexity index is 855. The maximum Gasteiger partial charge on any atom is 0.251 e. The maximum absolute atomic E-state index is 12.2. The third-order valence-electron chi connectivity index (χ3n) is 3.45. The summed E-state index contributed by atoms with van der Waals surface area (Å²) in [5.41, 5.74) is 0.810. The van der Waals surface area contributed by atoms with Gasteiger partial charge in [-0.05, 0) is 30.3 Å². The number of amides is 1. The van der Waals surface area contributed by atoms with Crippen LogP contribution in [0.4, 0.5) is 5.69 Å². The van der Waals surface area contributed by atoms with Gasteiger partial charge in [0.05, 0.1) is 30.6 Å². The van der Waals surface area contributed by atoms with E-state index in [9.17, 15) is 13.2 Å². The lowest BCUT2D eigenvalue weighted by Crippen LogP contribution is -2.38. The van der Waals surface area contributed by atoms with Gasteiger partial charge in [0.15, 0.2) is 0 Å². The van der Waals surface area contributed by atoms with Crippen LogP contribution in [-0.2, 0) is 10.0 Å². The molecule has 2 aromatic carbocycles. The van der Waals surface area contributed by atoms with Crippen LogP contribution in [0.3, 0.4) is 0 Å². The van der Waals surface area contributed by atoms with Gasteiger partial charge in [0.1, 0.15) is 5.75 Å². The van der Waals surface area contributed by atoms with E-state index < -0.39 is 10.0 Å². The second kappa shape index (κ2) is 8.22. The van der Waals surface area contributed by atoms with Crippen molar-refractivity contribution < 1.29 is 17.9 Å². The maximum atomic E-state index is 12.2. The Balaban J connectivity index is 2.07. The van der Waals surface area contributed by atoms with Crippen LogP contribution in [0, 0.1) is 0 Å². The number of hydrogen-bond acceptors (Lipinski definition) is 4. The third kappa shape index (κ3) is 5.11. The summed E-state index contributed by atoms with van der Waals surface area (Å²) in [4.78, 5) is 12.2. The van der Waals surface area contributed by atoms with Crippen LogP contribution in [0.2, 0.25) is 5.02 Å². The van der Waals surface area contributed by atoms with E-state index in [4.69, 9.17) is 16.3 Å². The molecule has 0 aliphatic heterocycles. The lowest BCUT2D eigenvalue weighted by Gasteiger charge is -2.23. The molecule has 1 N–H and O–H groups in total. The molecule has 0 aliphatic carbocycles. The summed E-state index contributed by atoms with van der Waals surface area (Å²) < 4.78 is 30.4. The van der Waals surface area contributed by atoms with E-state index in [-0.39, 0.29) is 19.0 Å². The molecule has 25 heavy (non-hydrogen) atoms. The zero-order valence-corrected chi connectivity index (χ0v) is 15.5. The quantitative estimate of drug-likeness (QED) is 0.798. The van der Waals surface area contributed by atoms with Gasteiger partial charge in [-0.25, -0.2) is 8.42 Å². The first kappa shape index (κ1) is 19.1. The smallest absolute Gasteiger partial charge is 0.251 e. The molecule has 0 heterocycles. The molecule has 0 atom stereocenters. The Labute approximate surface area is 152 Å². The normalized spacial score (nSPS) is 11.0. The van der Waals surface area contributed by atoms with Crippen LogP contribution >= 0.6 is 11.6 Å².